The van der Waals surface area contributed by atoms with Crippen molar-refractivity contribution >= 4 is 5.91 Å². The molecule has 0 saturated carbocycles. The van der Waals surface area contributed by atoms with Crippen molar-refractivity contribution in [3.8, 4) is 0 Å². The van der Waals surface area contributed by atoms with Crippen LogP contribution < -0.4 is 11.1 Å². The Kier molecular flexibility index (Phi) is 10.1. The molecule has 1 unspecified atom stereocenters. The Balaban J connectivity index is 3.51. The van der Waals surface area contributed by atoms with Gasteiger partial charge in [0.05, 0.1) is 6.04 Å². The second kappa shape index (κ2) is 10.5. The number of likely N-dealkylation sites (N-methyl/N-ethyl adjacent to an activating group) is 1. The van der Waals surface area contributed by atoms with Crippen LogP contribution in [0.4, 0.5) is 0 Å². The summed E-state index contributed by atoms with van der Waals surface area (Å²) in [6.07, 6.45) is 2.69. The number of nitrogens with one attached hydrogen (secondary N) is 1. The Bertz CT molecular complexity index is 200. The van der Waals surface area contributed by atoms with Gasteiger partial charge < -0.3 is 20.7 Å². The number of hydrogen-bond donors (Lipinski definition) is 2. The molecule has 0 aromatic carbocycles. The molecule has 0 aromatic heterocycles. The zero-order valence-electron chi connectivity index (χ0n) is 11.4. The number of hydrogen-bond acceptors (Lipinski definition) is 4. The number of carbonyl (C=O) groups is 1. The lowest BCUT2D eigenvalue weighted by atomic mass is 10.2. The summed E-state index contributed by atoms with van der Waals surface area (Å²) < 4.78 is 4.98. The van der Waals surface area contributed by atoms with Crippen molar-refractivity contribution in [1.82, 2.24) is 10.2 Å². The molecule has 0 heterocycles. The number of rotatable bonds is 10. The van der Waals surface area contributed by atoms with E-state index in [2.05, 4.69) is 10.2 Å². The van der Waals surface area contributed by atoms with Gasteiger partial charge in [0, 0.05) is 33.4 Å². The number of carbonyl (C=O) groups excluding carboxylic acids is 1. The summed E-state index contributed by atoms with van der Waals surface area (Å²) in [5, 5.41) is 2.85. The van der Waals surface area contributed by atoms with Crippen LogP contribution in [0.1, 0.15) is 26.2 Å². The minimum absolute atomic E-state index is 0.0443. The van der Waals surface area contributed by atoms with Crippen LogP contribution in [0.3, 0.4) is 0 Å². The number of nitrogens with zero attached hydrogens (tertiary/aromatic N) is 1. The minimum atomic E-state index is -0.362. The molecule has 0 spiro atoms. The van der Waals surface area contributed by atoms with E-state index in [0.717, 1.165) is 39.0 Å². The van der Waals surface area contributed by atoms with Gasteiger partial charge in [0.15, 0.2) is 0 Å². The molecule has 0 fully saturated rings. The number of ether oxygens (including phenoxy) is 1. The molecule has 0 radical (unpaired) electrons. The van der Waals surface area contributed by atoms with E-state index in [-0.39, 0.29) is 11.9 Å². The first-order valence-electron chi connectivity index (χ1n) is 6.32. The van der Waals surface area contributed by atoms with Crippen molar-refractivity contribution in [1.29, 1.82) is 0 Å². The van der Waals surface area contributed by atoms with Crippen LogP contribution in [0.5, 0.6) is 0 Å². The second-order valence-electron chi connectivity index (χ2n) is 4.34. The van der Waals surface area contributed by atoms with Crippen molar-refractivity contribution in [2.75, 3.05) is 40.4 Å². The molecule has 5 nitrogen and oxygen atoms in total. The van der Waals surface area contributed by atoms with Crippen molar-refractivity contribution in [3.63, 3.8) is 0 Å². The normalized spacial score (nSPS) is 12.8. The van der Waals surface area contributed by atoms with Gasteiger partial charge in [-0.2, -0.15) is 0 Å². The summed E-state index contributed by atoms with van der Waals surface area (Å²) in [6, 6.07) is -0.362. The van der Waals surface area contributed by atoms with Crippen LogP contribution in [0.15, 0.2) is 0 Å². The average Bonchev–Trinajstić information content (AvgIpc) is 2.29. The van der Waals surface area contributed by atoms with Gasteiger partial charge in [-0.3, -0.25) is 4.79 Å². The Morgan fingerprint density at radius 1 is 1.47 bits per heavy atom. The smallest absolute Gasteiger partial charge is 0.236 e. The van der Waals surface area contributed by atoms with E-state index in [0.29, 0.717) is 6.54 Å². The van der Waals surface area contributed by atoms with E-state index < -0.39 is 0 Å². The highest BCUT2D eigenvalue weighted by Crippen LogP contribution is 1.93. The molecule has 0 aliphatic carbocycles. The molecule has 0 aromatic rings. The lowest BCUT2D eigenvalue weighted by Crippen LogP contribution is -2.43. The second-order valence-corrected chi connectivity index (χ2v) is 4.34. The van der Waals surface area contributed by atoms with Crippen molar-refractivity contribution in [3.05, 3.63) is 0 Å². The van der Waals surface area contributed by atoms with Crippen LogP contribution in [0.2, 0.25) is 0 Å². The summed E-state index contributed by atoms with van der Waals surface area (Å²) in [5.74, 6) is -0.0443. The maximum Gasteiger partial charge on any atom is 0.236 e. The summed E-state index contributed by atoms with van der Waals surface area (Å²) in [5.41, 5.74) is 5.70. The summed E-state index contributed by atoms with van der Waals surface area (Å²) in [7, 11) is 3.74. The van der Waals surface area contributed by atoms with Crippen LogP contribution in [0.25, 0.3) is 0 Å². The molecule has 5 heteroatoms. The Morgan fingerprint density at radius 2 is 2.18 bits per heavy atom. The first-order chi connectivity index (χ1) is 8.11. The lowest BCUT2D eigenvalue weighted by molar-refractivity contribution is -0.122. The largest absolute Gasteiger partial charge is 0.385 e. The highest BCUT2D eigenvalue weighted by Gasteiger charge is 2.11. The SMILES string of the molecule is CCCC(N)C(=O)NCCN(C)CCCOC. The first-order valence-corrected chi connectivity index (χ1v) is 6.32. The predicted molar refractivity (Wildman–Crippen MR) is 69.9 cm³/mol. The fraction of sp³-hybridized carbons (Fsp3) is 0.917. The predicted octanol–water partition coefficient (Wildman–Crippen LogP) is 0.198. The monoisotopic (exact) mass is 245 g/mol. The highest BCUT2D eigenvalue weighted by molar-refractivity contribution is 5.81. The fourth-order valence-electron chi connectivity index (χ4n) is 1.53. The molecule has 3 N–H and O–H groups in total. The van der Waals surface area contributed by atoms with Crippen LogP contribution in [0, 0.1) is 0 Å². The van der Waals surface area contributed by atoms with Gasteiger partial charge in [-0.25, -0.2) is 0 Å². The van der Waals surface area contributed by atoms with E-state index in [1.54, 1.807) is 7.11 Å². The van der Waals surface area contributed by atoms with E-state index in [1.165, 1.54) is 0 Å². The quantitative estimate of drug-likeness (QED) is 0.540. The summed E-state index contributed by atoms with van der Waals surface area (Å²) in [4.78, 5) is 13.7. The van der Waals surface area contributed by atoms with E-state index in [1.807, 2.05) is 14.0 Å². The fourth-order valence-corrected chi connectivity index (χ4v) is 1.53. The van der Waals surface area contributed by atoms with Crippen LogP contribution >= 0.6 is 0 Å². The zero-order chi connectivity index (χ0) is 13.1. The van der Waals surface area contributed by atoms with Crippen LogP contribution in [-0.2, 0) is 9.53 Å². The molecule has 1 atom stereocenters. The van der Waals surface area contributed by atoms with E-state index in [9.17, 15) is 4.79 Å². The molecular weight excluding hydrogens is 218 g/mol. The molecule has 0 aliphatic heterocycles. The summed E-state index contributed by atoms with van der Waals surface area (Å²) >= 11 is 0. The van der Waals surface area contributed by atoms with Crippen LogP contribution in [-0.4, -0.2) is 57.2 Å². The molecule has 0 aliphatic rings. The van der Waals surface area contributed by atoms with Gasteiger partial charge >= 0.3 is 0 Å². The number of amides is 1. The Morgan fingerprint density at radius 3 is 2.76 bits per heavy atom. The third-order valence-corrected chi connectivity index (χ3v) is 2.62. The Labute approximate surface area is 105 Å². The number of methoxy groups -OCH3 is 1. The molecule has 0 rings (SSSR count). The van der Waals surface area contributed by atoms with Crippen molar-refractivity contribution in [2.24, 2.45) is 5.73 Å². The standard InChI is InChI=1S/C12H27N3O2/c1-4-6-11(13)12(16)14-7-9-15(2)8-5-10-17-3/h11H,4-10,13H2,1-3H3,(H,14,16). The Hall–Kier alpha value is -0.650. The lowest BCUT2D eigenvalue weighted by Gasteiger charge is -2.17. The van der Waals surface area contributed by atoms with Gasteiger partial charge in [-0.05, 0) is 19.9 Å². The average molecular weight is 245 g/mol. The zero-order valence-corrected chi connectivity index (χ0v) is 11.4. The van der Waals surface area contributed by atoms with Crippen molar-refractivity contribution < 1.29 is 9.53 Å². The van der Waals surface area contributed by atoms with E-state index >= 15 is 0 Å². The highest BCUT2D eigenvalue weighted by atomic mass is 16.5. The summed E-state index contributed by atoms with van der Waals surface area (Å²) in [6.45, 7) is 5.27. The van der Waals surface area contributed by atoms with Gasteiger partial charge in [-0.1, -0.05) is 13.3 Å². The molecule has 0 bridgehead atoms. The first kappa shape index (κ1) is 16.4. The van der Waals surface area contributed by atoms with E-state index in [4.69, 9.17) is 10.5 Å². The molecule has 17 heavy (non-hydrogen) atoms. The van der Waals surface area contributed by atoms with Gasteiger partial charge in [0.25, 0.3) is 0 Å². The molecule has 0 saturated heterocycles. The van der Waals surface area contributed by atoms with Gasteiger partial charge in [0.2, 0.25) is 5.91 Å². The maximum absolute atomic E-state index is 11.5. The maximum atomic E-state index is 11.5. The topological polar surface area (TPSA) is 67.6 Å². The number of nitrogens with two attached hydrogens (primary N) is 1. The third-order valence-electron chi connectivity index (χ3n) is 2.62. The molecule has 1 amide bonds. The van der Waals surface area contributed by atoms with Gasteiger partial charge in [-0.15, -0.1) is 0 Å². The molecular formula is C12H27N3O2. The van der Waals surface area contributed by atoms with Gasteiger partial charge in [0.1, 0.15) is 0 Å². The molecule has 102 valence electrons. The van der Waals surface area contributed by atoms with Crippen molar-refractivity contribution in [2.45, 2.75) is 32.2 Å². The minimum Gasteiger partial charge on any atom is -0.385 e. The third kappa shape index (κ3) is 9.09.